The lowest BCUT2D eigenvalue weighted by Gasteiger charge is -2.32. The Morgan fingerprint density at radius 1 is 1.33 bits per heavy atom. The summed E-state index contributed by atoms with van der Waals surface area (Å²) < 4.78 is 0. The van der Waals surface area contributed by atoms with Gasteiger partial charge in [0.05, 0.1) is 0 Å². The summed E-state index contributed by atoms with van der Waals surface area (Å²) >= 11 is 0. The third-order valence-corrected chi connectivity index (χ3v) is 3.80. The van der Waals surface area contributed by atoms with E-state index < -0.39 is 0 Å². The number of aldehydes is 1. The number of allylic oxidation sites excluding steroid dienone is 4. The second kappa shape index (κ2) is 4.78. The van der Waals surface area contributed by atoms with Crippen LogP contribution in [0.2, 0.25) is 0 Å². The van der Waals surface area contributed by atoms with Crippen molar-refractivity contribution in [2.75, 3.05) is 0 Å². The van der Waals surface area contributed by atoms with Crippen molar-refractivity contribution < 1.29 is 4.79 Å². The van der Waals surface area contributed by atoms with Gasteiger partial charge in [-0.2, -0.15) is 0 Å². The third-order valence-electron chi connectivity index (χ3n) is 3.80. The molecule has 0 aromatic carbocycles. The Labute approximate surface area is 93.3 Å². The number of carbonyl (C=O) groups excluding carboxylic acids is 1. The van der Waals surface area contributed by atoms with Crippen LogP contribution in [0.5, 0.6) is 0 Å². The van der Waals surface area contributed by atoms with Crippen molar-refractivity contribution in [3.8, 4) is 0 Å². The number of hydrogen-bond donors (Lipinski definition) is 0. The molecule has 0 unspecified atom stereocenters. The van der Waals surface area contributed by atoms with Crippen molar-refractivity contribution >= 4 is 6.29 Å². The maximum Gasteiger partial charge on any atom is 0.145 e. The van der Waals surface area contributed by atoms with Gasteiger partial charge in [0, 0.05) is 5.41 Å². The molecule has 0 bridgehead atoms. The molecular formula is C14H22O. The standard InChI is InChI=1S/C14H22O/c1-11(10-15)12(2)14(3,4)13-8-6-5-7-9-13/h8,10H,5-7,9H2,1-4H3/b12-11+. The zero-order valence-corrected chi connectivity index (χ0v) is 10.4. The van der Waals surface area contributed by atoms with Gasteiger partial charge in [-0.25, -0.2) is 0 Å². The normalized spacial score (nSPS) is 19.3. The summed E-state index contributed by atoms with van der Waals surface area (Å²) in [7, 11) is 0. The highest BCUT2D eigenvalue weighted by molar-refractivity contribution is 5.74. The second-order valence-corrected chi connectivity index (χ2v) is 5.03. The average molecular weight is 206 g/mol. The summed E-state index contributed by atoms with van der Waals surface area (Å²) in [6.07, 6.45) is 8.34. The van der Waals surface area contributed by atoms with E-state index >= 15 is 0 Å². The zero-order valence-electron chi connectivity index (χ0n) is 10.4. The molecule has 1 nitrogen and oxygen atoms in total. The maximum absolute atomic E-state index is 10.8. The predicted octanol–water partition coefficient (Wildman–Crippen LogP) is 4.05. The molecule has 0 aromatic rings. The van der Waals surface area contributed by atoms with Gasteiger partial charge in [0.15, 0.2) is 0 Å². The van der Waals surface area contributed by atoms with Crippen LogP contribution >= 0.6 is 0 Å². The Morgan fingerprint density at radius 2 is 2.00 bits per heavy atom. The highest BCUT2D eigenvalue weighted by Gasteiger charge is 2.26. The fourth-order valence-corrected chi connectivity index (χ4v) is 2.23. The lowest BCUT2D eigenvalue weighted by molar-refractivity contribution is -0.105. The molecule has 0 saturated heterocycles. The van der Waals surface area contributed by atoms with Crippen molar-refractivity contribution in [3.05, 3.63) is 22.8 Å². The lowest BCUT2D eigenvalue weighted by Crippen LogP contribution is -2.19. The summed E-state index contributed by atoms with van der Waals surface area (Å²) in [5, 5.41) is 0. The van der Waals surface area contributed by atoms with E-state index in [9.17, 15) is 4.79 Å². The Balaban J connectivity index is 3.00. The van der Waals surface area contributed by atoms with E-state index in [0.717, 1.165) is 11.9 Å². The first-order chi connectivity index (χ1) is 7.00. The van der Waals surface area contributed by atoms with Crippen LogP contribution in [0, 0.1) is 5.41 Å². The smallest absolute Gasteiger partial charge is 0.145 e. The van der Waals surface area contributed by atoms with E-state index in [2.05, 4.69) is 26.8 Å². The molecule has 0 heterocycles. The molecule has 0 radical (unpaired) electrons. The van der Waals surface area contributed by atoms with Crippen LogP contribution < -0.4 is 0 Å². The van der Waals surface area contributed by atoms with E-state index in [1.165, 1.54) is 36.8 Å². The molecule has 0 aromatic heterocycles. The SMILES string of the molecule is C/C(C=O)=C(/C)C(C)(C)C1=CCCCC1. The lowest BCUT2D eigenvalue weighted by atomic mass is 9.72. The highest BCUT2D eigenvalue weighted by atomic mass is 16.1. The Bertz CT molecular complexity index is 305. The van der Waals surface area contributed by atoms with Crippen LogP contribution in [0.4, 0.5) is 0 Å². The van der Waals surface area contributed by atoms with Gasteiger partial charge < -0.3 is 0 Å². The summed E-state index contributed by atoms with van der Waals surface area (Å²) in [6, 6.07) is 0. The van der Waals surface area contributed by atoms with E-state index in [4.69, 9.17) is 0 Å². The van der Waals surface area contributed by atoms with Crippen LogP contribution in [0.15, 0.2) is 22.8 Å². The molecule has 15 heavy (non-hydrogen) atoms. The summed E-state index contributed by atoms with van der Waals surface area (Å²) in [6.45, 7) is 8.45. The number of carbonyl (C=O) groups is 1. The molecule has 1 rings (SSSR count). The molecule has 84 valence electrons. The molecule has 0 atom stereocenters. The minimum atomic E-state index is 0.0609. The van der Waals surface area contributed by atoms with Crippen LogP contribution in [-0.4, -0.2) is 6.29 Å². The molecule has 1 aliphatic carbocycles. The molecule has 0 spiro atoms. The van der Waals surface area contributed by atoms with Crippen molar-refractivity contribution in [2.24, 2.45) is 5.41 Å². The van der Waals surface area contributed by atoms with E-state index in [-0.39, 0.29) is 5.41 Å². The van der Waals surface area contributed by atoms with Gasteiger partial charge in [0.1, 0.15) is 6.29 Å². The summed E-state index contributed by atoms with van der Waals surface area (Å²) in [5.74, 6) is 0. The molecule has 1 aliphatic rings. The van der Waals surface area contributed by atoms with E-state index in [1.54, 1.807) is 0 Å². The average Bonchev–Trinajstić information content (AvgIpc) is 2.28. The van der Waals surface area contributed by atoms with Crippen molar-refractivity contribution in [3.63, 3.8) is 0 Å². The van der Waals surface area contributed by atoms with Gasteiger partial charge in [-0.1, -0.05) is 31.1 Å². The topological polar surface area (TPSA) is 17.1 Å². The number of rotatable bonds is 3. The van der Waals surface area contributed by atoms with Gasteiger partial charge in [0.25, 0.3) is 0 Å². The third kappa shape index (κ3) is 2.58. The largest absolute Gasteiger partial charge is 0.298 e. The van der Waals surface area contributed by atoms with Crippen molar-refractivity contribution in [1.82, 2.24) is 0 Å². The fraction of sp³-hybridized carbons (Fsp3) is 0.643. The van der Waals surface area contributed by atoms with Gasteiger partial charge in [0.2, 0.25) is 0 Å². The Kier molecular flexibility index (Phi) is 3.90. The van der Waals surface area contributed by atoms with Gasteiger partial charge in [-0.3, -0.25) is 4.79 Å². The quantitative estimate of drug-likeness (QED) is 0.387. The molecule has 0 amide bonds. The minimum absolute atomic E-state index is 0.0609. The first kappa shape index (κ1) is 12.2. The van der Waals surface area contributed by atoms with Crippen LogP contribution in [0.3, 0.4) is 0 Å². The number of hydrogen-bond acceptors (Lipinski definition) is 1. The molecular weight excluding hydrogens is 184 g/mol. The highest BCUT2D eigenvalue weighted by Crippen LogP contribution is 2.40. The van der Waals surface area contributed by atoms with E-state index in [1.807, 2.05) is 6.92 Å². The van der Waals surface area contributed by atoms with Gasteiger partial charge in [-0.15, -0.1) is 0 Å². The van der Waals surface area contributed by atoms with Gasteiger partial charge >= 0.3 is 0 Å². The van der Waals surface area contributed by atoms with E-state index in [0.29, 0.717) is 0 Å². The van der Waals surface area contributed by atoms with Crippen LogP contribution in [0.1, 0.15) is 53.4 Å². The summed E-state index contributed by atoms with van der Waals surface area (Å²) in [4.78, 5) is 10.8. The molecule has 0 saturated carbocycles. The molecule has 1 heteroatoms. The molecule has 0 fully saturated rings. The summed E-state index contributed by atoms with van der Waals surface area (Å²) in [5.41, 5.74) is 3.66. The Morgan fingerprint density at radius 3 is 2.47 bits per heavy atom. The van der Waals surface area contributed by atoms with Crippen LogP contribution in [-0.2, 0) is 4.79 Å². The minimum Gasteiger partial charge on any atom is -0.298 e. The first-order valence-corrected chi connectivity index (χ1v) is 5.82. The molecule has 0 aliphatic heterocycles. The maximum atomic E-state index is 10.8. The van der Waals surface area contributed by atoms with Crippen molar-refractivity contribution in [2.45, 2.75) is 53.4 Å². The molecule has 0 N–H and O–H groups in total. The van der Waals surface area contributed by atoms with Crippen molar-refractivity contribution in [1.29, 1.82) is 0 Å². The fourth-order valence-electron chi connectivity index (χ4n) is 2.23. The van der Waals surface area contributed by atoms with Crippen LogP contribution in [0.25, 0.3) is 0 Å². The monoisotopic (exact) mass is 206 g/mol. The second-order valence-electron chi connectivity index (χ2n) is 5.03. The Hall–Kier alpha value is -0.850. The predicted molar refractivity (Wildman–Crippen MR) is 64.8 cm³/mol. The zero-order chi connectivity index (χ0) is 11.5. The first-order valence-electron chi connectivity index (χ1n) is 5.82. The van der Waals surface area contributed by atoms with Gasteiger partial charge in [-0.05, 0) is 45.1 Å².